The van der Waals surface area contributed by atoms with Crippen LogP contribution in [0.4, 0.5) is 20.2 Å². The van der Waals surface area contributed by atoms with Crippen LogP contribution < -0.4 is 5.32 Å². The predicted molar refractivity (Wildman–Crippen MR) is 118 cm³/mol. The van der Waals surface area contributed by atoms with Gasteiger partial charge in [-0.1, -0.05) is 23.7 Å². The number of anilines is 2. The fourth-order valence-electron chi connectivity index (χ4n) is 4.16. The van der Waals surface area contributed by atoms with Crippen LogP contribution in [0.25, 0.3) is 0 Å². The number of amides is 1. The molecule has 1 fully saturated rings. The number of halogens is 3. The second-order valence-corrected chi connectivity index (χ2v) is 8.13. The van der Waals surface area contributed by atoms with E-state index in [2.05, 4.69) is 10.3 Å². The van der Waals surface area contributed by atoms with Crippen molar-refractivity contribution in [1.82, 2.24) is 9.88 Å². The molecule has 4 nitrogen and oxygen atoms in total. The van der Waals surface area contributed by atoms with E-state index in [-0.39, 0.29) is 23.6 Å². The molecule has 3 aromatic rings. The molecule has 1 saturated heterocycles. The van der Waals surface area contributed by atoms with Gasteiger partial charge in [0.2, 0.25) is 6.41 Å². The Morgan fingerprint density at radius 2 is 1.74 bits per heavy atom. The fraction of sp³-hybridized carbons (Fsp3) is 0.250. The van der Waals surface area contributed by atoms with Crippen LogP contribution in [0.3, 0.4) is 0 Å². The van der Waals surface area contributed by atoms with Crippen LogP contribution in [0, 0.1) is 18.6 Å². The van der Waals surface area contributed by atoms with Crippen LogP contribution in [0.1, 0.15) is 41.5 Å². The summed E-state index contributed by atoms with van der Waals surface area (Å²) in [5.41, 5.74) is 4.09. The summed E-state index contributed by atoms with van der Waals surface area (Å²) in [6.07, 6.45) is 4.01. The summed E-state index contributed by atoms with van der Waals surface area (Å²) in [5, 5.41) is 3.69. The molecule has 0 aliphatic carbocycles. The van der Waals surface area contributed by atoms with E-state index < -0.39 is 0 Å². The first kappa shape index (κ1) is 21.2. The van der Waals surface area contributed by atoms with Crippen LogP contribution in [0.5, 0.6) is 0 Å². The van der Waals surface area contributed by atoms with Gasteiger partial charge >= 0.3 is 0 Å². The zero-order chi connectivity index (χ0) is 22.0. The maximum atomic E-state index is 13.4. The Kier molecular flexibility index (Phi) is 6.18. The van der Waals surface area contributed by atoms with Gasteiger partial charge in [0.1, 0.15) is 16.8 Å². The Balaban J connectivity index is 1.71. The van der Waals surface area contributed by atoms with E-state index in [0.717, 1.165) is 35.2 Å². The molecule has 7 heteroatoms. The quantitative estimate of drug-likeness (QED) is 0.382. The molecule has 0 spiro atoms. The van der Waals surface area contributed by atoms with E-state index in [0.29, 0.717) is 23.8 Å². The van der Waals surface area contributed by atoms with Crippen molar-refractivity contribution < 1.29 is 13.6 Å². The Morgan fingerprint density at radius 3 is 2.39 bits per heavy atom. The first-order chi connectivity index (χ1) is 15.0. The van der Waals surface area contributed by atoms with Gasteiger partial charge in [-0.15, -0.1) is 0 Å². The predicted octanol–water partition coefficient (Wildman–Crippen LogP) is 6.14. The van der Waals surface area contributed by atoms with E-state index in [1.807, 2.05) is 6.92 Å². The van der Waals surface area contributed by atoms with Gasteiger partial charge in [-0.25, -0.2) is 13.8 Å². The number of nitrogens with one attached hydrogen (secondary N) is 1. The lowest BCUT2D eigenvalue weighted by molar-refractivity contribution is -0.121. The lowest BCUT2D eigenvalue weighted by atomic mass is 9.82. The van der Waals surface area contributed by atoms with Crippen LogP contribution in [-0.2, 0) is 4.79 Å². The lowest BCUT2D eigenvalue weighted by Gasteiger charge is -2.38. The van der Waals surface area contributed by atoms with Gasteiger partial charge in [0.15, 0.2) is 0 Å². The SMILES string of the molecule is Cc1c(Cl)ncc(C2CC(c3ccc(F)cc3)CCN2C=O)c1Nc1ccc(F)cc1. The molecule has 1 aliphatic heterocycles. The molecular formula is C24H22ClF2N3O. The highest BCUT2D eigenvalue weighted by molar-refractivity contribution is 6.30. The molecular weight excluding hydrogens is 420 g/mol. The standard InChI is InChI=1S/C24H22ClF2N3O/c1-15-23(29-20-8-6-19(27)7-9-20)21(13-28-24(15)25)22-12-17(10-11-30(22)14-31)16-2-4-18(26)5-3-16/h2-9,13-14,17,22H,10-12H2,1H3,(H,28,29). The highest BCUT2D eigenvalue weighted by Gasteiger charge is 2.32. The normalized spacial score (nSPS) is 18.6. The van der Waals surface area contributed by atoms with Crippen molar-refractivity contribution >= 4 is 29.4 Å². The second kappa shape index (κ2) is 9.02. The average Bonchev–Trinajstić information content (AvgIpc) is 2.78. The average molecular weight is 442 g/mol. The number of piperidine rings is 1. The van der Waals surface area contributed by atoms with Crippen molar-refractivity contribution in [3.05, 3.63) is 88.2 Å². The van der Waals surface area contributed by atoms with E-state index >= 15 is 0 Å². The van der Waals surface area contributed by atoms with E-state index in [4.69, 9.17) is 11.6 Å². The summed E-state index contributed by atoms with van der Waals surface area (Å²) >= 11 is 6.30. The summed E-state index contributed by atoms with van der Waals surface area (Å²) in [5.74, 6) is -0.415. The van der Waals surface area contributed by atoms with Crippen LogP contribution >= 0.6 is 11.6 Å². The number of hydrogen-bond acceptors (Lipinski definition) is 3. The number of likely N-dealkylation sites (tertiary alicyclic amines) is 1. The fourth-order valence-corrected chi connectivity index (χ4v) is 4.30. The first-order valence-electron chi connectivity index (χ1n) is 10.1. The van der Waals surface area contributed by atoms with Crippen molar-refractivity contribution in [3.63, 3.8) is 0 Å². The third-order valence-electron chi connectivity index (χ3n) is 5.88. The zero-order valence-corrected chi connectivity index (χ0v) is 17.7. The molecule has 160 valence electrons. The summed E-state index contributed by atoms with van der Waals surface area (Å²) in [4.78, 5) is 17.9. The van der Waals surface area contributed by atoms with E-state index in [1.165, 1.54) is 24.3 Å². The van der Waals surface area contributed by atoms with Crippen LogP contribution in [0.15, 0.2) is 54.7 Å². The second-order valence-electron chi connectivity index (χ2n) is 7.77. The molecule has 1 aliphatic rings. The number of carbonyl (C=O) groups is 1. The third-order valence-corrected chi connectivity index (χ3v) is 6.26. The molecule has 1 aromatic heterocycles. The summed E-state index contributed by atoms with van der Waals surface area (Å²) in [6, 6.07) is 12.4. The lowest BCUT2D eigenvalue weighted by Crippen LogP contribution is -2.35. The largest absolute Gasteiger partial charge is 0.355 e. The minimum absolute atomic E-state index is 0.177. The molecule has 4 rings (SSSR count). The van der Waals surface area contributed by atoms with Gasteiger partial charge in [-0.3, -0.25) is 4.79 Å². The number of aromatic nitrogens is 1. The van der Waals surface area contributed by atoms with Gasteiger partial charge in [0.05, 0.1) is 11.7 Å². The molecule has 0 saturated carbocycles. The summed E-state index contributed by atoms with van der Waals surface area (Å²) in [7, 11) is 0. The molecule has 1 amide bonds. The molecule has 31 heavy (non-hydrogen) atoms. The molecule has 2 aromatic carbocycles. The molecule has 1 N–H and O–H groups in total. The van der Waals surface area contributed by atoms with Gasteiger partial charge in [0, 0.05) is 29.6 Å². The smallest absolute Gasteiger partial charge is 0.210 e. The zero-order valence-electron chi connectivity index (χ0n) is 17.0. The van der Waals surface area contributed by atoms with Crippen molar-refractivity contribution in [2.24, 2.45) is 0 Å². The molecule has 2 heterocycles. The van der Waals surface area contributed by atoms with Crippen LogP contribution in [-0.4, -0.2) is 22.8 Å². The Hall–Kier alpha value is -2.99. The van der Waals surface area contributed by atoms with Crippen molar-refractivity contribution in [2.45, 2.75) is 31.7 Å². The maximum absolute atomic E-state index is 13.4. The topological polar surface area (TPSA) is 45.2 Å². The van der Waals surface area contributed by atoms with Crippen molar-refractivity contribution in [2.75, 3.05) is 11.9 Å². The van der Waals surface area contributed by atoms with E-state index in [9.17, 15) is 13.6 Å². The van der Waals surface area contributed by atoms with Crippen molar-refractivity contribution in [1.29, 1.82) is 0 Å². The number of benzene rings is 2. The summed E-state index contributed by atoms with van der Waals surface area (Å²) < 4.78 is 26.7. The van der Waals surface area contributed by atoms with Gasteiger partial charge in [-0.05, 0) is 67.6 Å². The summed E-state index contributed by atoms with van der Waals surface area (Å²) in [6.45, 7) is 2.43. The van der Waals surface area contributed by atoms with E-state index in [1.54, 1.807) is 35.4 Å². The van der Waals surface area contributed by atoms with Gasteiger partial charge in [0.25, 0.3) is 0 Å². The Labute approximate surface area is 184 Å². The first-order valence-corrected chi connectivity index (χ1v) is 10.5. The number of pyridine rings is 1. The molecule has 2 unspecified atom stereocenters. The number of hydrogen-bond donors (Lipinski definition) is 1. The number of nitrogens with zero attached hydrogens (tertiary/aromatic N) is 2. The monoisotopic (exact) mass is 441 g/mol. The minimum Gasteiger partial charge on any atom is -0.355 e. The molecule has 2 atom stereocenters. The highest BCUT2D eigenvalue weighted by Crippen LogP contribution is 2.43. The number of carbonyl (C=O) groups excluding carboxylic acids is 1. The highest BCUT2D eigenvalue weighted by atomic mass is 35.5. The third kappa shape index (κ3) is 4.54. The Morgan fingerprint density at radius 1 is 1.10 bits per heavy atom. The molecule has 0 radical (unpaired) electrons. The maximum Gasteiger partial charge on any atom is 0.210 e. The molecule has 0 bridgehead atoms. The van der Waals surface area contributed by atoms with Crippen molar-refractivity contribution in [3.8, 4) is 0 Å². The van der Waals surface area contributed by atoms with Gasteiger partial charge in [-0.2, -0.15) is 0 Å². The Bertz CT molecular complexity index is 1070. The van der Waals surface area contributed by atoms with Crippen LogP contribution in [0.2, 0.25) is 5.15 Å². The minimum atomic E-state index is -0.322. The number of rotatable bonds is 5. The van der Waals surface area contributed by atoms with Gasteiger partial charge < -0.3 is 10.2 Å².